The van der Waals surface area contributed by atoms with Crippen molar-refractivity contribution in [3.05, 3.63) is 45.1 Å². The van der Waals surface area contributed by atoms with Crippen molar-refractivity contribution in [1.82, 2.24) is 5.32 Å². The first kappa shape index (κ1) is 14.4. The minimum Gasteiger partial charge on any atom is -0.477 e. The van der Waals surface area contributed by atoms with Crippen LogP contribution in [0.1, 0.15) is 4.88 Å². The Bertz CT molecular complexity index is 644. The van der Waals surface area contributed by atoms with Crippen molar-refractivity contribution >= 4 is 38.9 Å². The van der Waals surface area contributed by atoms with E-state index in [4.69, 9.17) is 4.74 Å². The van der Waals surface area contributed by atoms with Crippen LogP contribution in [0.2, 0.25) is 0 Å². The number of rotatable bonds is 4. The molecule has 0 spiro atoms. The van der Waals surface area contributed by atoms with E-state index in [1.54, 1.807) is 11.3 Å². The van der Waals surface area contributed by atoms with E-state index in [-0.39, 0.29) is 5.91 Å². The summed E-state index contributed by atoms with van der Waals surface area (Å²) in [5, 5.41) is 6.14. The zero-order chi connectivity index (χ0) is 14.7. The molecule has 0 fully saturated rings. The third-order valence-corrected chi connectivity index (χ3v) is 4.91. The lowest BCUT2D eigenvalue weighted by molar-refractivity contribution is -0.127. The van der Waals surface area contributed by atoms with E-state index in [0.29, 0.717) is 13.1 Å². The molecule has 0 aliphatic carbocycles. The largest absolute Gasteiger partial charge is 0.477 e. The summed E-state index contributed by atoms with van der Waals surface area (Å²) >= 11 is 5.12. The third kappa shape index (κ3) is 3.57. The molecule has 2 aromatic rings. The van der Waals surface area contributed by atoms with Gasteiger partial charge in [0.15, 0.2) is 6.10 Å². The monoisotopic (exact) mass is 366 g/mol. The summed E-state index contributed by atoms with van der Waals surface area (Å²) in [6.07, 6.45) is 0.355. The number of halogens is 1. The zero-order valence-corrected chi connectivity index (χ0v) is 13.7. The highest BCUT2D eigenvalue weighted by Gasteiger charge is 2.25. The molecular formula is C15H15BrN2O2S. The summed E-state index contributed by atoms with van der Waals surface area (Å²) in [7, 11) is 0. The molecular weight excluding hydrogens is 352 g/mol. The fourth-order valence-electron chi connectivity index (χ4n) is 2.17. The third-order valence-electron chi connectivity index (χ3n) is 3.23. The minimum absolute atomic E-state index is 0.0763. The maximum Gasteiger partial charge on any atom is 0.262 e. The Morgan fingerprint density at radius 2 is 2.24 bits per heavy atom. The molecule has 2 N–H and O–H groups in total. The topological polar surface area (TPSA) is 50.4 Å². The molecule has 1 amide bonds. The second-order valence-electron chi connectivity index (χ2n) is 4.73. The van der Waals surface area contributed by atoms with Crippen LogP contribution in [-0.4, -0.2) is 25.1 Å². The smallest absolute Gasteiger partial charge is 0.262 e. The van der Waals surface area contributed by atoms with Gasteiger partial charge in [0, 0.05) is 11.4 Å². The molecule has 3 rings (SSSR count). The van der Waals surface area contributed by atoms with Gasteiger partial charge in [0.1, 0.15) is 5.75 Å². The number of fused-ring (bicyclic) bond motifs is 1. The second-order valence-corrected chi connectivity index (χ2v) is 7.28. The Balaban J connectivity index is 1.50. The standard InChI is InChI=1S/C15H15BrN2O2S/c16-14-6-5-10(21-14)7-8-17-15(19)13-9-18-11-3-1-2-4-12(11)20-13/h1-6,13,18H,7-9H2,(H,17,19). The highest BCUT2D eigenvalue weighted by Crippen LogP contribution is 2.28. The number of anilines is 1. The fraction of sp³-hybridized carbons (Fsp3) is 0.267. The maximum atomic E-state index is 12.1. The molecule has 4 nitrogen and oxygen atoms in total. The second kappa shape index (κ2) is 6.49. The number of nitrogens with one attached hydrogen (secondary N) is 2. The molecule has 0 saturated heterocycles. The van der Waals surface area contributed by atoms with Crippen LogP contribution in [0.4, 0.5) is 5.69 Å². The molecule has 1 atom stereocenters. The van der Waals surface area contributed by atoms with E-state index >= 15 is 0 Å². The number of benzene rings is 1. The first-order valence-electron chi connectivity index (χ1n) is 6.74. The van der Waals surface area contributed by atoms with Gasteiger partial charge in [-0.15, -0.1) is 11.3 Å². The summed E-state index contributed by atoms with van der Waals surface area (Å²) in [6, 6.07) is 11.7. The summed E-state index contributed by atoms with van der Waals surface area (Å²) in [6.45, 7) is 1.11. The van der Waals surface area contributed by atoms with E-state index in [2.05, 4.69) is 32.6 Å². The van der Waals surface area contributed by atoms with Gasteiger partial charge in [-0.2, -0.15) is 0 Å². The number of ether oxygens (including phenoxy) is 1. The Morgan fingerprint density at radius 3 is 3.05 bits per heavy atom. The number of hydrogen-bond acceptors (Lipinski definition) is 4. The van der Waals surface area contributed by atoms with Crippen LogP contribution in [0.3, 0.4) is 0 Å². The van der Waals surface area contributed by atoms with Crippen LogP contribution in [-0.2, 0) is 11.2 Å². The van der Waals surface area contributed by atoms with Crippen molar-refractivity contribution in [3.63, 3.8) is 0 Å². The van der Waals surface area contributed by atoms with Crippen LogP contribution in [0.25, 0.3) is 0 Å². The van der Waals surface area contributed by atoms with Crippen molar-refractivity contribution in [1.29, 1.82) is 0 Å². The van der Waals surface area contributed by atoms with Gasteiger partial charge in [-0.05, 0) is 46.6 Å². The average molecular weight is 367 g/mol. The highest BCUT2D eigenvalue weighted by atomic mass is 79.9. The van der Waals surface area contributed by atoms with E-state index in [1.807, 2.05) is 30.3 Å². The maximum absolute atomic E-state index is 12.1. The molecule has 0 saturated carbocycles. The first-order valence-corrected chi connectivity index (χ1v) is 8.35. The molecule has 1 aromatic carbocycles. The fourth-order valence-corrected chi connectivity index (χ4v) is 3.65. The average Bonchev–Trinajstić information content (AvgIpc) is 2.92. The van der Waals surface area contributed by atoms with E-state index in [9.17, 15) is 4.79 Å². The van der Waals surface area contributed by atoms with Crippen molar-refractivity contribution in [2.75, 3.05) is 18.4 Å². The van der Waals surface area contributed by atoms with Gasteiger partial charge in [-0.3, -0.25) is 4.79 Å². The van der Waals surface area contributed by atoms with Crippen molar-refractivity contribution in [3.8, 4) is 5.75 Å². The highest BCUT2D eigenvalue weighted by molar-refractivity contribution is 9.11. The Labute approximate surface area is 135 Å². The van der Waals surface area contributed by atoms with Gasteiger partial charge in [0.25, 0.3) is 5.91 Å². The van der Waals surface area contributed by atoms with Crippen molar-refractivity contribution < 1.29 is 9.53 Å². The summed E-state index contributed by atoms with van der Waals surface area (Å²) in [4.78, 5) is 13.4. The van der Waals surface area contributed by atoms with E-state index in [1.165, 1.54) is 4.88 Å². The SMILES string of the molecule is O=C(NCCc1ccc(Br)s1)C1CNc2ccccc2O1. The molecule has 110 valence electrons. The molecule has 1 aliphatic heterocycles. The normalized spacial score (nSPS) is 16.5. The number of carbonyl (C=O) groups excluding carboxylic acids is 1. The van der Waals surface area contributed by atoms with Crippen LogP contribution in [0, 0.1) is 0 Å². The lowest BCUT2D eigenvalue weighted by Gasteiger charge is -2.26. The summed E-state index contributed by atoms with van der Waals surface area (Å²) in [5.41, 5.74) is 0.935. The lowest BCUT2D eigenvalue weighted by atomic mass is 10.2. The number of carbonyl (C=O) groups is 1. The predicted octanol–water partition coefficient (Wildman–Crippen LogP) is 3.04. The van der Waals surface area contributed by atoms with Crippen LogP contribution in [0.15, 0.2) is 40.2 Å². The number of hydrogen-bond donors (Lipinski definition) is 2. The molecule has 6 heteroatoms. The number of amides is 1. The van der Waals surface area contributed by atoms with Gasteiger partial charge in [0.2, 0.25) is 0 Å². The first-order chi connectivity index (χ1) is 10.2. The predicted molar refractivity (Wildman–Crippen MR) is 88.1 cm³/mol. The molecule has 21 heavy (non-hydrogen) atoms. The molecule has 0 radical (unpaired) electrons. The number of para-hydroxylation sites is 2. The Kier molecular flexibility index (Phi) is 4.45. The number of thiophene rings is 1. The van der Waals surface area contributed by atoms with Crippen LogP contribution in [0.5, 0.6) is 5.75 Å². The molecule has 1 aliphatic rings. The van der Waals surface area contributed by atoms with E-state index < -0.39 is 6.10 Å². The summed E-state index contributed by atoms with van der Waals surface area (Å²) < 4.78 is 6.83. The molecule has 0 bridgehead atoms. The van der Waals surface area contributed by atoms with Crippen LogP contribution >= 0.6 is 27.3 Å². The van der Waals surface area contributed by atoms with Crippen molar-refractivity contribution in [2.45, 2.75) is 12.5 Å². The molecule has 1 unspecified atom stereocenters. The minimum atomic E-state index is -0.477. The summed E-state index contributed by atoms with van der Waals surface area (Å²) in [5.74, 6) is 0.652. The van der Waals surface area contributed by atoms with Gasteiger partial charge < -0.3 is 15.4 Å². The van der Waals surface area contributed by atoms with Gasteiger partial charge in [0.05, 0.1) is 16.0 Å². The molecule has 1 aromatic heterocycles. The Hall–Kier alpha value is -1.53. The van der Waals surface area contributed by atoms with Crippen LogP contribution < -0.4 is 15.4 Å². The van der Waals surface area contributed by atoms with Gasteiger partial charge in [-0.25, -0.2) is 0 Å². The lowest BCUT2D eigenvalue weighted by Crippen LogP contribution is -2.45. The van der Waals surface area contributed by atoms with E-state index in [0.717, 1.165) is 21.6 Å². The molecule has 2 heterocycles. The quantitative estimate of drug-likeness (QED) is 0.874. The van der Waals surface area contributed by atoms with Gasteiger partial charge >= 0.3 is 0 Å². The van der Waals surface area contributed by atoms with Gasteiger partial charge in [-0.1, -0.05) is 12.1 Å². The van der Waals surface area contributed by atoms with Crippen molar-refractivity contribution in [2.24, 2.45) is 0 Å². The Morgan fingerprint density at radius 1 is 1.38 bits per heavy atom. The zero-order valence-electron chi connectivity index (χ0n) is 11.3.